The van der Waals surface area contributed by atoms with E-state index in [9.17, 15) is 9.59 Å². The van der Waals surface area contributed by atoms with Crippen molar-refractivity contribution in [2.24, 2.45) is 0 Å². The van der Waals surface area contributed by atoms with E-state index in [-0.39, 0.29) is 12.2 Å². The number of rotatable bonds is 6. The number of carbonyl (C=O) groups is 2. The molecule has 0 bridgehead atoms. The van der Waals surface area contributed by atoms with Crippen molar-refractivity contribution in [3.8, 4) is 23.3 Å². The van der Waals surface area contributed by atoms with Crippen LogP contribution in [0, 0.1) is 11.3 Å². The Bertz CT molecular complexity index is 828. The summed E-state index contributed by atoms with van der Waals surface area (Å²) < 4.78 is 15.5. The first-order chi connectivity index (χ1) is 12.6. The Morgan fingerprint density at radius 3 is 2.31 bits per heavy atom. The Morgan fingerprint density at radius 2 is 1.69 bits per heavy atom. The average molecular weight is 355 g/mol. The molecule has 8 nitrogen and oxygen atoms in total. The van der Waals surface area contributed by atoms with Crippen molar-refractivity contribution < 1.29 is 23.8 Å². The summed E-state index contributed by atoms with van der Waals surface area (Å²) >= 11 is 0. The number of hydrogen-bond acceptors (Lipinski definition) is 6. The van der Waals surface area contributed by atoms with Gasteiger partial charge in [-0.25, -0.2) is 0 Å². The van der Waals surface area contributed by atoms with Crippen LogP contribution in [0.2, 0.25) is 0 Å². The zero-order valence-corrected chi connectivity index (χ0v) is 14.2. The van der Waals surface area contributed by atoms with Crippen molar-refractivity contribution in [3.63, 3.8) is 0 Å². The van der Waals surface area contributed by atoms with Crippen molar-refractivity contribution in [3.05, 3.63) is 53.6 Å². The maximum Gasteiger partial charge on any atom is 0.276 e. The molecular formula is C18H17N3O5. The summed E-state index contributed by atoms with van der Waals surface area (Å²) in [6, 6.07) is 13.0. The van der Waals surface area contributed by atoms with Crippen LogP contribution in [0.1, 0.15) is 15.9 Å². The number of hydrogen-bond donors (Lipinski definition) is 2. The quantitative estimate of drug-likeness (QED) is 0.758. The minimum Gasteiger partial charge on any atom is -0.497 e. The highest BCUT2D eigenvalue weighted by atomic mass is 16.5. The van der Waals surface area contributed by atoms with Crippen LogP contribution < -0.4 is 25.1 Å². The van der Waals surface area contributed by atoms with Crippen molar-refractivity contribution in [1.29, 1.82) is 5.26 Å². The number of methoxy groups -OCH3 is 2. The normalized spacial score (nSPS) is 9.58. The highest BCUT2D eigenvalue weighted by molar-refractivity contribution is 5.98. The van der Waals surface area contributed by atoms with E-state index in [1.807, 2.05) is 6.07 Å². The fourth-order valence-corrected chi connectivity index (χ4v) is 2.00. The number of ether oxygens (including phenoxy) is 3. The van der Waals surface area contributed by atoms with Gasteiger partial charge in [-0.3, -0.25) is 20.4 Å². The second-order valence-corrected chi connectivity index (χ2v) is 4.99. The number of hydrazine groups is 1. The monoisotopic (exact) mass is 355 g/mol. The van der Waals surface area contributed by atoms with Crippen LogP contribution in [-0.2, 0) is 4.79 Å². The highest BCUT2D eigenvalue weighted by Gasteiger charge is 2.14. The number of amides is 2. The fourth-order valence-electron chi connectivity index (χ4n) is 2.00. The zero-order valence-electron chi connectivity index (χ0n) is 14.2. The molecule has 0 heterocycles. The van der Waals surface area contributed by atoms with Crippen LogP contribution in [0.3, 0.4) is 0 Å². The molecule has 134 valence electrons. The minimum absolute atomic E-state index is 0.208. The molecule has 0 radical (unpaired) electrons. The second kappa shape index (κ2) is 8.94. The van der Waals surface area contributed by atoms with Gasteiger partial charge in [0.15, 0.2) is 6.61 Å². The van der Waals surface area contributed by atoms with Crippen LogP contribution in [-0.4, -0.2) is 32.6 Å². The lowest BCUT2D eigenvalue weighted by Crippen LogP contribution is -2.43. The molecule has 0 fully saturated rings. The van der Waals surface area contributed by atoms with Gasteiger partial charge in [0.1, 0.15) is 17.2 Å². The van der Waals surface area contributed by atoms with Crippen LogP contribution >= 0.6 is 0 Å². The van der Waals surface area contributed by atoms with E-state index < -0.39 is 11.8 Å². The van der Waals surface area contributed by atoms with Gasteiger partial charge in [0.2, 0.25) is 0 Å². The lowest BCUT2D eigenvalue weighted by molar-refractivity contribution is -0.123. The molecule has 26 heavy (non-hydrogen) atoms. The molecule has 0 aromatic heterocycles. The number of carbonyl (C=O) groups excluding carboxylic acids is 2. The molecule has 0 aliphatic carbocycles. The van der Waals surface area contributed by atoms with Crippen LogP contribution in [0.5, 0.6) is 17.2 Å². The Kier molecular flexibility index (Phi) is 6.40. The first-order valence-corrected chi connectivity index (χ1v) is 7.51. The molecule has 2 aromatic rings. The van der Waals surface area contributed by atoms with E-state index in [0.29, 0.717) is 22.8 Å². The third kappa shape index (κ3) is 4.88. The first-order valence-electron chi connectivity index (χ1n) is 7.51. The van der Waals surface area contributed by atoms with Crippen LogP contribution in [0.4, 0.5) is 0 Å². The molecule has 0 saturated carbocycles. The number of benzene rings is 2. The van der Waals surface area contributed by atoms with Gasteiger partial charge in [0.25, 0.3) is 11.8 Å². The smallest absolute Gasteiger partial charge is 0.276 e. The number of nitrogens with one attached hydrogen (secondary N) is 2. The summed E-state index contributed by atoms with van der Waals surface area (Å²) in [6.45, 7) is -0.304. The third-order valence-corrected chi connectivity index (χ3v) is 3.32. The largest absolute Gasteiger partial charge is 0.497 e. The molecule has 0 aliphatic rings. The molecule has 2 aromatic carbocycles. The lowest BCUT2D eigenvalue weighted by atomic mass is 10.2. The van der Waals surface area contributed by atoms with Gasteiger partial charge in [0, 0.05) is 0 Å². The number of nitrogens with zero attached hydrogens (tertiary/aromatic N) is 1. The van der Waals surface area contributed by atoms with Gasteiger partial charge in [-0.05, 0) is 42.5 Å². The average Bonchev–Trinajstić information content (AvgIpc) is 2.70. The van der Waals surface area contributed by atoms with Gasteiger partial charge >= 0.3 is 0 Å². The summed E-state index contributed by atoms with van der Waals surface area (Å²) in [4.78, 5) is 24.0. The SMILES string of the molecule is COc1ccc(OC)c(C(=O)NNC(=O)COc2ccc(C#N)cc2)c1. The Morgan fingerprint density at radius 1 is 1.00 bits per heavy atom. The molecule has 8 heteroatoms. The molecule has 0 unspecified atom stereocenters. The first kappa shape index (κ1) is 18.6. The zero-order chi connectivity index (χ0) is 18.9. The molecular weight excluding hydrogens is 338 g/mol. The molecule has 0 atom stereocenters. The van der Waals surface area contributed by atoms with E-state index in [0.717, 1.165) is 0 Å². The molecule has 2 rings (SSSR count). The summed E-state index contributed by atoms with van der Waals surface area (Å²) in [5.74, 6) is 0.134. The topological polar surface area (TPSA) is 110 Å². The fraction of sp³-hybridized carbons (Fsp3) is 0.167. The predicted octanol–water partition coefficient (Wildman–Crippen LogP) is 1.42. The van der Waals surface area contributed by atoms with E-state index in [1.54, 1.807) is 36.4 Å². The molecule has 0 saturated heterocycles. The van der Waals surface area contributed by atoms with Gasteiger partial charge in [-0.1, -0.05) is 0 Å². The molecule has 0 aliphatic heterocycles. The molecule has 2 amide bonds. The van der Waals surface area contributed by atoms with Gasteiger partial charge in [-0.15, -0.1) is 0 Å². The van der Waals surface area contributed by atoms with E-state index in [1.165, 1.54) is 20.3 Å². The predicted molar refractivity (Wildman–Crippen MR) is 91.8 cm³/mol. The van der Waals surface area contributed by atoms with Gasteiger partial charge in [-0.2, -0.15) is 5.26 Å². The lowest BCUT2D eigenvalue weighted by Gasteiger charge is -2.12. The van der Waals surface area contributed by atoms with Gasteiger partial charge < -0.3 is 14.2 Å². The Balaban J connectivity index is 1.88. The Hall–Kier alpha value is -3.73. The summed E-state index contributed by atoms with van der Waals surface area (Å²) in [6.07, 6.45) is 0. The molecule has 0 spiro atoms. The third-order valence-electron chi connectivity index (χ3n) is 3.32. The summed E-state index contributed by atoms with van der Waals surface area (Å²) in [7, 11) is 2.91. The number of nitriles is 1. The van der Waals surface area contributed by atoms with Crippen molar-refractivity contribution in [1.82, 2.24) is 10.9 Å². The highest BCUT2D eigenvalue weighted by Crippen LogP contribution is 2.23. The maximum absolute atomic E-state index is 12.2. The minimum atomic E-state index is -0.563. The Labute approximate surface area is 150 Å². The van der Waals surface area contributed by atoms with Crippen molar-refractivity contribution in [2.45, 2.75) is 0 Å². The van der Waals surface area contributed by atoms with Crippen LogP contribution in [0.25, 0.3) is 0 Å². The molecule has 2 N–H and O–H groups in total. The van der Waals surface area contributed by atoms with E-state index in [2.05, 4.69) is 10.9 Å². The second-order valence-electron chi connectivity index (χ2n) is 4.99. The summed E-state index contributed by atoms with van der Waals surface area (Å²) in [5, 5.41) is 8.72. The van der Waals surface area contributed by atoms with Gasteiger partial charge in [0.05, 0.1) is 31.4 Å². The van der Waals surface area contributed by atoms with Crippen LogP contribution in [0.15, 0.2) is 42.5 Å². The van der Waals surface area contributed by atoms with Crippen molar-refractivity contribution >= 4 is 11.8 Å². The standard InChI is InChI=1S/C18H17N3O5/c1-24-14-7-8-16(25-2)15(9-14)18(23)21-20-17(22)11-26-13-5-3-12(10-19)4-6-13/h3-9H,11H2,1-2H3,(H,20,22)(H,21,23). The maximum atomic E-state index is 12.2. The van der Waals surface area contributed by atoms with E-state index >= 15 is 0 Å². The summed E-state index contributed by atoms with van der Waals surface area (Å²) in [5.41, 5.74) is 5.23. The van der Waals surface area contributed by atoms with E-state index in [4.69, 9.17) is 19.5 Å². The van der Waals surface area contributed by atoms with Crippen molar-refractivity contribution in [2.75, 3.05) is 20.8 Å².